The minimum Gasteiger partial charge on any atom is -0.486 e. The van der Waals surface area contributed by atoms with Gasteiger partial charge in [0.1, 0.15) is 19.8 Å². The topological polar surface area (TPSA) is 94.2 Å². The largest absolute Gasteiger partial charge is 0.486 e. The lowest BCUT2D eigenvalue weighted by Crippen LogP contribution is -2.30. The molecular formula is C20H17ClN2O6. The van der Waals surface area contributed by atoms with Crippen molar-refractivity contribution in [1.82, 2.24) is 10.2 Å². The summed E-state index contributed by atoms with van der Waals surface area (Å²) in [5.41, 5.74) is 1.77. The van der Waals surface area contributed by atoms with Gasteiger partial charge in [-0.2, -0.15) is 0 Å². The molecule has 0 saturated carbocycles. The van der Waals surface area contributed by atoms with E-state index in [2.05, 4.69) is 5.32 Å². The number of carbonyl (C=O) groups is 3. The molecule has 0 aliphatic carbocycles. The van der Waals surface area contributed by atoms with Gasteiger partial charge in [-0.15, -0.1) is 0 Å². The van der Waals surface area contributed by atoms with Crippen molar-refractivity contribution < 1.29 is 28.6 Å². The number of urea groups is 1. The first-order valence-corrected chi connectivity index (χ1v) is 9.31. The van der Waals surface area contributed by atoms with E-state index in [4.69, 9.17) is 25.8 Å². The molecule has 2 aromatic rings. The fourth-order valence-corrected chi connectivity index (χ4v) is 3.31. The van der Waals surface area contributed by atoms with Crippen LogP contribution in [-0.2, 0) is 22.7 Å². The fraction of sp³-hybridized carbons (Fsp3) is 0.250. The SMILES string of the molecule is O=C(OCc1cc(Cl)c2c(c1)OCCO2)c1ccc(CN2C(=O)CNC2=O)cc1. The van der Waals surface area contributed by atoms with Gasteiger partial charge in [0.25, 0.3) is 0 Å². The van der Waals surface area contributed by atoms with E-state index in [-0.39, 0.29) is 25.6 Å². The molecule has 0 bridgehead atoms. The molecule has 8 nitrogen and oxygen atoms in total. The van der Waals surface area contributed by atoms with Crippen LogP contribution in [0.5, 0.6) is 11.5 Å². The highest BCUT2D eigenvalue weighted by Crippen LogP contribution is 2.38. The van der Waals surface area contributed by atoms with Crippen LogP contribution < -0.4 is 14.8 Å². The molecule has 0 unspecified atom stereocenters. The van der Waals surface area contributed by atoms with Crippen molar-refractivity contribution in [2.45, 2.75) is 13.2 Å². The Balaban J connectivity index is 1.37. The first kappa shape index (κ1) is 19.1. The zero-order valence-corrected chi connectivity index (χ0v) is 16.0. The standard InChI is InChI=1S/C20H17ClN2O6/c21-15-7-13(8-16-18(15)28-6-5-27-16)11-29-19(25)14-3-1-12(2-4-14)10-23-17(24)9-22-20(23)26/h1-4,7-8H,5-6,9-11H2,(H,22,26). The van der Waals surface area contributed by atoms with Gasteiger partial charge in [0, 0.05) is 0 Å². The molecule has 2 aliphatic rings. The number of ether oxygens (including phenoxy) is 3. The van der Waals surface area contributed by atoms with Crippen LogP contribution in [0.15, 0.2) is 36.4 Å². The Labute approximate surface area is 171 Å². The lowest BCUT2D eigenvalue weighted by atomic mass is 10.1. The Hall–Kier alpha value is -3.26. The first-order valence-electron chi connectivity index (χ1n) is 8.93. The van der Waals surface area contributed by atoms with Crippen LogP contribution in [0.2, 0.25) is 5.02 Å². The van der Waals surface area contributed by atoms with E-state index in [1.165, 1.54) is 0 Å². The van der Waals surface area contributed by atoms with Crippen molar-refractivity contribution in [1.29, 1.82) is 0 Å². The summed E-state index contributed by atoms with van der Waals surface area (Å²) in [7, 11) is 0. The number of halogens is 1. The average Bonchev–Trinajstić information content (AvgIpc) is 3.04. The predicted molar refractivity (Wildman–Crippen MR) is 102 cm³/mol. The number of hydrogen-bond acceptors (Lipinski definition) is 6. The Kier molecular flexibility index (Phi) is 5.26. The number of carbonyl (C=O) groups excluding carboxylic acids is 3. The molecule has 0 radical (unpaired) electrons. The maximum Gasteiger partial charge on any atom is 0.338 e. The van der Waals surface area contributed by atoms with Crippen LogP contribution in [0.3, 0.4) is 0 Å². The van der Waals surface area contributed by atoms with Crippen LogP contribution >= 0.6 is 11.6 Å². The number of nitrogens with one attached hydrogen (secondary N) is 1. The van der Waals surface area contributed by atoms with Crippen LogP contribution in [0.1, 0.15) is 21.5 Å². The van der Waals surface area contributed by atoms with Gasteiger partial charge < -0.3 is 19.5 Å². The molecule has 150 valence electrons. The van der Waals surface area contributed by atoms with Gasteiger partial charge in [-0.05, 0) is 35.4 Å². The molecule has 0 atom stereocenters. The number of esters is 1. The van der Waals surface area contributed by atoms with Crippen LogP contribution in [0, 0.1) is 0 Å². The van der Waals surface area contributed by atoms with Crippen molar-refractivity contribution >= 4 is 29.5 Å². The molecule has 4 rings (SSSR count). The second-order valence-electron chi connectivity index (χ2n) is 6.51. The summed E-state index contributed by atoms with van der Waals surface area (Å²) in [6.07, 6.45) is 0. The summed E-state index contributed by atoms with van der Waals surface area (Å²) in [5.74, 6) is 0.238. The predicted octanol–water partition coefficient (Wildman–Crippen LogP) is 2.52. The second kappa shape index (κ2) is 8.00. The van der Waals surface area contributed by atoms with E-state index >= 15 is 0 Å². The summed E-state index contributed by atoms with van der Waals surface area (Å²) < 4.78 is 16.3. The quantitative estimate of drug-likeness (QED) is 0.594. The lowest BCUT2D eigenvalue weighted by Gasteiger charge is -2.20. The number of fused-ring (bicyclic) bond motifs is 1. The molecule has 1 N–H and O–H groups in total. The molecule has 0 spiro atoms. The maximum atomic E-state index is 12.3. The number of benzene rings is 2. The van der Waals surface area contributed by atoms with E-state index < -0.39 is 12.0 Å². The summed E-state index contributed by atoms with van der Waals surface area (Å²) >= 11 is 6.19. The van der Waals surface area contributed by atoms with Crippen LogP contribution in [0.25, 0.3) is 0 Å². The van der Waals surface area contributed by atoms with Gasteiger partial charge in [-0.1, -0.05) is 23.7 Å². The molecule has 3 amide bonds. The molecule has 2 aliphatic heterocycles. The summed E-state index contributed by atoms with van der Waals surface area (Å²) in [4.78, 5) is 36.7. The minimum atomic E-state index is -0.502. The number of rotatable bonds is 5. The van der Waals surface area contributed by atoms with E-state index in [0.717, 1.165) is 10.5 Å². The highest BCUT2D eigenvalue weighted by molar-refractivity contribution is 6.32. The molecule has 9 heteroatoms. The van der Waals surface area contributed by atoms with Crippen LogP contribution in [0.4, 0.5) is 4.79 Å². The van der Waals surface area contributed by atoms with Gasteiger partial charge in [-0.25, -0.2) is 9.59 Å². The van der Waals surface area contributed by atoms with Crippen molar-refractivity contribution in [2.75, 3.05) is 19.8 Å². The molecule has 1 saturated heterocycles. The maximum absolute atomic E-state index is 12.3. The van der Waals surface area contributed by atoms with Crippen molar-refractivity contribution in [3.05, 3.63) is 58.1 Å². The third kappa shape index (κ3) is 4.12. The molecular weight excluding hydrogens is 400 g/mol. The highest BCUT2D eigenvalue weighted by Gasteiger charge is 2.28. The van der Waals surface area contributed by atoms with Gasteiger partial charge in [-0.3, -0.25) is 9.69 Å². The monoisotopic (exact) mass is 416 g/mol. The van der Waals surface area contributed by atoms with Crippen molar-refractivity contribution in [3.8, 4) is 11.5 Å². The zero-order chi connectivity index (χ0) is 20.4. The molecule has 0 aromatic heterocycles. The van der Waals surface area contributed by atoms with Gasteiger partial charge >= 0.3 is 12.0 Å². The third-order valence-corrected chi connectivity index (χ3v) is 4.77. The fourth-order valence-electron chi connectivity index (χ4n) is 3.02. The third-order valence-electron chi connectivity index (χ3n) is 4.49. The Morgan fingerprint density at radius 3 is 2.59 bits per heavy atom. The van der Waals surface area contributed by atoms with E-state index in [9.17, 15) is 14.4 Å². The zero-order valence-electron chi connectivity index (χ0n) is 15.3. The summed E-state index contributed by atoms with van der Waals surface area (Å²) in [6.45, 7) is 1.06. The van der Waals surface area contributed by atoms with E-state index in [0.29, 0.717) is 40.9 Å². The highest BCUT2D eigenvalue weighted by atomic mass is 35.5. The van der Waals surface area contributed by atoms with Gasteiger partial charge in [0.2, 0.25) is 5.91 Å². The van der Waals surface area contributed by atoms with Crippen molar-refractivity contribution in [2.24, 2.45) is 0 Å². The minimum absolute atomic E-state index is 0.00706. The van der Waals surface area contributed by atoms with Crippen molar-refractivity contribution in [3.63, 3.8) is 0 Å². The van der Waals surface area contributed by atoms with Gasteiger partial charge in [0.15, 0.2) is 11.5 Å². The molecule has 2 aromatic carbocycles. The second-order valence-corrected chi connectivity index (χ2v) is 6.92. The average molecular weight is 417 g/mol. The van der Waals surface area contributed by atoms with Crippen LogP contribution in [-0.4, -0.2) is 42.6 Å². The van der Waals surface area contributed by atoms with E-state index in [1.807, 2.05) is 0 Å². The molecule has 1 fully saturated rings. The van der Waals surface area contributed by atoms with Gasteiger partial charge in [0.05, 0.1) is 23.7 Å². The number of amides is 3. The first-order chi connectivity index (χ1) is 14.0. The van der Waals surface area contributed by atoms with E-state index in [1.54, 1.807) is 36.4 Å². The number of hydrogen-bond donors (Lipinski definition) is 1. The summed E-state index contributed by atoms with van der Waals surface area (Å²) in [6, 6.07) is 9.52. The number of nitrogens with zero attached hydrogens (tertiary/aromatic N) is 1. The molecule has 29 heavy (non-hydrogen) atoms. The Morgan fingerprint density at radius 1 is 1.10 bits per heavy atom. The summed E-state index contributed by atoms with van der Waals surface area (Å²) in [5, 5.41) is 2.86. The molecule has 2 heterocycles. The smallest absolute Gasteiger partial charge is 0.338 e. The lowest BCUT2D eigenvalue weighted by molar-refractivity contribution is -0.125. The Bertz CT molecular complexity index is 960. The Morgan fingerprint density at radius 2 is 1.86 bits per heavy atom. The normalized spacial score (nSPS) is 15.3. The number of imide groups is 1.